The van der Waals surface area contributed by atoms with Gasteiger partial charge in [0.25, 0.3) is 5.91 Å². The first-order valence-corrected chi connectivity index (χ1v) is 18.4. The Morgan fingerprint density at radius 3 is 2.25 bits per heavy atom. The SMILES string of the molecule is CCCCC[C@@H](C(=O)NCNC(=O)c1ccc(-c2ccc(CC(=O)N[C@@H](CC(=O)OC)C(=O)OC)c(OCC)c2)o1)[C@@H](CC)C(=O)NOCc1ccccc1. The zero-order valence-electron chi connectivity index (χ0n) is 32.1. The highest BCUT2D eigenvalue weighted by Crippen LogP contribution is 2.30. The Bertz CT molecular complexity index is 1730. The Hall–Kier alpha value is -5.70. The molecule has 3 aromatic rings. The van der Waals surface area contributed by atoms with Gasteiger partial charge < -0.3 is 34.6 Å². The predicted molar refractivity (Wildman–Crippen MR) is 201 cm³/mol. The van der Waals surface area contributed by atoms with Crippen LogP contribution in [0.25, 0.3) is 11.3 Å². The van der Waals surface area contributed by atoms with E-state index in [9.17, 15) is 28.8 Å². The molecule has 0 fully saturated rings. The van der Waals surface area contributed by atoms with Crippen molar-refractivity contribution in [2.45, 2.75) is 78.4 Å². The third-order valence-electron chi connectivity index (χ3n) is 8.74. The summed E-state index contributed by atoms with van der Waals surface area (Å²) in [5, 5.41) is 7.88. The number of methoxy groups -OCH3 is 2. The Balaban J connectivity index is 1.61. The maximum Gasteiger partial charge on any atom is 0.328 e. The molecule has 4 amide bonds. The molecule has 0 aliphatic rings. The summed E-state index contributed by atoms with van der Waals surface area (Å²) in [5.74, 6) is -3.90. The minimum absolute atomic E-state index is 0.00834. The molecule has 0 radical (unpaired) electrons. The molecule has 4 N–H and O–H groups in total. The van der Waals surface area contributed by atoms with Crippen molar-refractivity contribution in [3.8, 4) is 17.1 Å². The van der Waals surface area contributed by atoms with E-state index in [0.717, 1.165) is 31.9 Å². The Morgan fingerprint density at radius 2 is 1.58 bits per heavy atom. The average molecular weight is 765 g/mol. The molecule has 0 unspecified atom stereocenters. The number of ether oxygens (including phenoxy) is 3. The number of hydrogen-bond acceptors (Lipinski definition) is 11. The maximum atomic E-state index is 13.4. The molecule has 3 rings (SSSR count). The van der Waals surface area contributed by atoms with E-state index in [1.165, 1.54) is 13.2 Å². The van der Waals surface area contributed by atoms with Crippen molar-refractivity contribution in [1.82, 2.24) is 21.4 Å². The molecule has 298 valence electrons. The van der Waals surface area contributed by atoms with Crippen molar-refractivity contribution < 1.29 is 52.2 Å². The molecular formula is C40H52N4O11. The number of esters is 2. The lowest BCUT2D eigenvalue weighted by Crippen LogP contribution is -2.45. The van der Waals surface area contributed by atoms with Crippen LogP contribution in [-0.2, 0) is 51.3 Å². The predicted octanol–water partition coefficient (Wildman–Crippen LogP) is 4.38. The first-order chi connectivity index (χ1) is 26.5. The number of hydrogen-bond donors (Lipinski definition) is 4. The van der Waals surface area contributed by atoms with Crippen LogP contribution >= 0.6 is 0 Å². The second-order valence-corrected chi connectivity index (χ2v) is 12.6. The van der Waals surface area contributed by atoms with E-state index in [2.05, 4.69) is 33.1 Å². The molecule has 55 heavy (non-hydrogen) atoms. The van der Waals surface area contributed by atoms with E-state index in [1.54, 1.807) is 31.2 Å². The van der Waals surface area contributed by atoms with Crippen LogP contribution in [0.2, 0.25) is 0 Å². The summed E-state index contributed by atoms with van der Waals surface area (Å²) in [6, 6.07) is 16.3. The average Bonchev–Trinajstić information content (AvgIpc) is 3.69. The largest absolute Gasteiger partial charge is 0.494 e. The van der Waals surface area contributed by atoms with Crippen LogP contribution in [-0.4, -0.2) is 69.1 Å². The Kier molecular flexibility index (Phi) is 18.4. The third-order valence-corrected chi connectivity index (χ3v) is 8.74. The van der Waals surface area contributed by atoms with Crippen LogP contribution in [0.5, 0.6) is 5.75 Å². The number of furan rings is 1. The summed E-state index contributed by atoms with van der Waals surface area (Å²) in [6.07, 6.45) is 2.96. The quantitative estimate of drug-likeness (QED) is 0.0462. The molecule has 3 atom stereocenters. The first-order valence-electron chi connectivity index (χ1n) is 18.4. The summed E-state index contributed by atoms with van der Waals surface area (Å²) >= 11 is 0. The number of amides is 4. The molecule has 15 heteroatoms. The van der Waals surface area contributed by atoms with Gasteiger partial charge in [-0.15, -0.1) is 0 Å². The lowest BCUT2D eigenvalue weighted by atomic mass is 9.84. The summed E-state index contributed by atoms with van der Waals surface area (Å²) < 4.78 is 20.9. The van der Waals surface area contributed by atoms with Crippen LogP contribution in [0.15, 0.2) is 65.1 Å². The Morgan fingerprint density at radius 1 is 0.818 bits per heavy atom. The van der Waals surface area contributed by atoms with Crippen molar-refractivity contribution in [2.75, 3.05) is 27.5 Å². The van der Waals surface area contributed by atoms with Gasteiger partial charge in [0.15, 0.2) is 5.76 Å². The maximum absolute atomic E-state index is 13.4. The van der Waals surface area contributed by atoms with Crippen molar-refractivity contribution in [1.29, 1.82) is 0 Å². The van der Waals surface area contributed by atoms with Gasteiger partial charge in [-0.05, 0) is 43.5 Å². The van der Waals surface area contributed by atoms with Gasteiger partial charge in [-0.2, -0.15) is 0 Å². The molecule has 0 bridgehead atoms. The highest BCUT2D eigenvalue weighted by molar-refractivity contribution is 5.93. The van der Waals surface area contributed by atoms with Gasteiger partial charge in [0.2, 0.25) is 17.7 Å². The van der Waals surface area contributed by atoms with Crippen molar-refractivity contribution >= 4 is 35.6 Å². The number of nitrogens with one attached hydrogen (secondary N) is 4. The van der Waals surface area contributed by atoms with Crippen molar-refractivity contribution in [2.24, 2.45) is 11.8 Å². The van der Waals surface area contributed by atoms with Crippen LogP contribution in [0.4, 0.5) is 0 Å². The zero-order chi connectivity index (χ0) is 40.2. The number of benzene rings is 2. The number of rotatable bonds is 23. The van der Waals surface area contributed by atoms with E-state index in [0.29, 0.717) is 35.5 Å². The fraction of sp³-hybridized carbons (Fsp3) is 0.450. The normalized spacial score (nSPS) is 12.4. The summed E-state index contributed by atoms with van der Waals surface area (Å²) in [6.45, 7) is 5.96. The number of hydroxylamine groups is 1. The van der Waals surface area contributed by atoms with E-state index in [4.69, 9.17) is 18.7 Å². The van der Waals surface area contributed by atoms with Crippen LogP contribution in [0.1, 0.15) is 81.0 Å². The fourth-order valence-corrected chi connectivity index (χ4v) is 5.81. The third kappa shape index (κ3) is 13.9. The zero-order valence-corrected chi connectivity index (χ0v) is 32.1. The summed E-state index contributed by atoms with van der Waals surface area (Å²) in [7, 11) is 2.32. The fourth-order valence-electron chi connectivity index (χ4n) is 5.81. The molecule has 2 aromatic carbocycles. The highest BCUT2D eigenvalue weighted by atomic mass is 16.7. The molecule has 15 nitrogen and oxygen atoms in total. The second-order valence-electron chi connectivity index (χ2n) is 12.6. The molecular weight excluding hydrogens is 712 g/mol. The van der Waals surface area contributed by atoms with Crippen molar-refractivity contribution in [3.05, 3.63) is 77.6 Å². The molecule has 1 heterocycles. The minimum Gasteiger partial charge on any atom is -0.494 e. The number of carbonyl (C=O) groups is 6. The molecule has 0 saturated carbocycles. The van der Waals surface area contributed by atoms with Gasteiger partial charge in [-0.1, -0.05) is 75.6 Å². The number of carbonyl (C=O) groups excluding carboxylic acids is 6. The lowest BCUT2D eigenvalue weighted by molar-refractivity contribution is -0.150. The molecule has 0 spiro atoms. The standard InChI is InChI=1S/C40H52N4O11/c1-6-9-11-16-30(29(7-2)38(48)44-54-24-26-14-12-10-13-15-26)37(47)41-25-42-39(49)33-20-19-32(55-33)27-17-18-28(34(21-27)53-8-3)22-35(45)43-31(40(50)52-5)23-36(46)51-4/h10,12-15,17-21,29-31H,6-9,11,16,22-25H2,1-5H3,(H,41,47)(H,42,49)(H,43,45)(H,44,48)/t29-,30-,31+/m1/s1. The molecule has 1 aromatic heterocycles. The van der Waals surface area contributed by atoms with Gasteiger partial charge in [0.1, 0.15) is 17.6 Å². The van der Waals surface area contributed by atoms with Gasteiger partial charge >= 0.3 is 11.9 Å². The topological polar surface area (TPSA) is 201 Å². The molecule has 0 aliphatic heterocycles. The highest BCUT2D eigenvalue weighted by Gasteiger charge is 2.32. The van der Waals surface area contributed by atoms with Crippen LogP contribution in [0.3, 0.4) is 0 Å². The second kappa shape index (κ2) is 23.2. The van der Waals surface area contributed by atoms with Gasteiger partial charge in [0.05, 0.1) is 52.9 Å². The van der Waals surface area contributed by atoms with E-state index >= 15 is 0 Å². The molecule has 0 aliphatic carbocycles. The van der Waals surface area contributed by atoms with E-state index < -0.39 is 48.1 Å². The monoisotopic (exact) mass is 764 g/mol. The first kappa shape index (κ1) is 43.7. The van der Waals surface area contributed by atoms with Crippen LogP contribution in [0, 0.1) is 11.8 Å². The lowest BCUT2D eigenvalue weighted by Gasteiger charge is -2.24. The molecule has 0 saturated heterocycles. The smallest absolute Gasteiger partial charge is 0.328 e. The van der Waals surface area contributed by atoms with Gasteiger partial charge in [0, 0.05) is 17.0 Å². The summed E-state index contributed by atoms with van der Waals surface area (Å²) in [5.41, 5.74) is 4.46. The van der Waals surface area contributed by atoms with Crippen LogP contribution < -0.4 is 26.2 Å². The Labute approximate surface area is 321 Å². The van der Waals surface area contributed by atoms with Gasteiger partial charge in [-0.25, -0.2) is 10.3 Å². The summed E-state index contributed by atoms with van der Waals surface area (Å²) in [4.78, 5) is 81.6. The van der Waals surface area contributed by atoms with Crippen molar-refractivity contribution in [3.63, 3.8) is 0 Å². The number of unbranched alkanes of at least 4 members (excludes halogenated alkanes) is 2. The van der Waals surface area contributed by atoms with E-state index in [1.807, 2.05) is 37.3 Å². The minimum atomic E-state index is -1.22. The van der Waals surface area contributed by atoms with Gasteiger partial charge in [-0.3, -0.25) is 28.8 Å². The van der Waals surface area contributed by atoms with E-state index in [-0.39, 0.29) is 43.9 Å².